The van der Waals surface area contributed by atoms with E-state index in [1.165, 1.54) is 43.4 Å². The molecule has 6 aromatic carbocycles. The van der Waals surface area contributed by atoms with Crippen molar-refractivity contribution >= 4 is 56.7 Å². The second-order valence-electron chi connectivity index (χ2n) is 16.8. The van der Waals surface area contributed by atoms with Crippen LogP contribution in [-0.2, 0) is 31.9 Å². The monoisotopic (exact) mass is 937 g/mol. The third-order valence-electron chi connectivity index (χ3n) is 10.9. The SMILES string of the molecule is CC(C)(c1ccccc1)c1ccnc(-c2[c-]cc3oc4ccc5ccc6ccccc6c5c4c3c2)c1.CC(C)Cc1cc(-c2[c-]cccc2)ncc1[Si](C)(C)C.[Ir]. The fourth-order valence-corrected chi connectivity index (χ4v) is 9.51. The van der Waals surface area contributed by atoms with E-state index >= 15 is 0 Å². The van der Waals surface area contributed by atoms with Crippen molar-refractivity contribution in [2.45, 2.75) is 59.2 Å². The maximum absolute atomic E-state index is 6.28. The van der Waals surface area contributed by atoms with Gasteiger partial charge < -0.3 is 14.4 Å². The summed E-state index contributed by atoms with van der Waals surface area (Å²) < 4.78 is 6.28. The predicted molar refractivity (Wildman–Crippen MR) is 239 cm³/mol. The van der Waals surface area contributed by atoms with Crippen LogP contribution in [0, 0.1) is 18.1 Å². The number of nitrogens with zero attached hydrogens (tertiary/aromatic N) is 2. The zero-order valence-corrected chi connectivity index (χ0v) is 37.2. The first-order valence-electron chi connectivity index (χ1n) is 19.6. The fraction of sp³-hybridized carbons (Fsp3) is 0.192. The zero-order chi connectivity index (χ0) is 39.0. The average molecular weight is 937 g/mol. The van der Waals surface area contributed by atoms with Gasteiger partial charge in [-0.25, -0.2) is 0 Å². The molecule has 3 heterocycles. The molecule has 0 atom stereocenters. The van der Waals surface area contributed by atoms with Crippen molar-refractivity contribution in [2.24, 2.45) is 5.92 Å². The maximum atomic E-state index is 6.28. The number of benzene rings is 6. The molecule has 3 nitrogen and oxygen atoms in total. The number of rotatable bonds is 7. The van der Waals surface area contributed by atoms with E-state index < -0.39 is 8.07 Å². The molecular weight excluding hydrogens is 889 g/mol. The number of fused-ring (bicyclic) bond motifs is 7. The van der Waals surface area contributed by atoms with Gasteiger partial charge >= 0.3 is 0 Å². The van der Waals surface area contributed by atoms with Crippen molar-refractivity contribution in [3.05, 3.63) is 175 Å². The summed E-state index contributed by atoms with van der Waals surface area (Å²) in [6.07, 6.45) is 5.14. The summed E-state index contributed by atoms with van der Waals surface area (Å²) in [6.45, 7) is 16.3. The van der Waals surface area contributed by atoms with E-state index in [0.717, 1.165) is 50.9 Å². The largest absolute Gasteiger partial charge is 0.500 e. The summed E-state index contributed by atoms with van der Waals surface area (Å²) in [7, 11) is -1.34. The van der Waals surface area contributed by atoms with Crippen LogP contribution in [0.5, 0.6) is 0 Å². The minimum Gasteiger partial charge on any atom is -0.500 e. The fourth-order valence-electron chi connectivity index (χ4n) is 7.92. The Morgan fingerprint density at radius 2 is 1.37 bits per heavy atom. The number of hydrogen-bond acceptors (Lipinski definition) is 3. The molecule has 5 heteroatoms. The molecule has 0 saturated heterocycles. The quantitative estimate of drug-likeness (QED) is 0.0908. The number of aromatic nitrogens is 2. The summed E-state index contributed by atoms with van der Waals surface area (Å²) in [6, 6.07) is 53.3. The number of furan rings is 1. The van der Waals surface area contributed by atoms with Gasteiger partial charge in [0.2, 0.25) is 0 Å². The van der Waals surface area contributed by atoms with Gasteiger partial charge in [0.1, 0.15) is 5.58 Å². The molecule has 287 valence electrons. The second-order valence-corrected chi connectivity index (χ2v) is 21.9. The predicted octanol–water partition coefficient (Wildman–Crippen LogP) is 13.4. The summed E-state index contributed by atoms with van der Waals surface area (Å²) in [5.74, 6) is 0.667. The first-order valence-corrected chi connectivity index (χ1v) is 23.1. The molecule has 0 N–H and O–H groups in total. The summed E-state index contributed by atoms with van der Waals surface area (Å²) in [5, 5.41) is 8.64. The molecule has 0 amide bonds. The van der Waals surface area contributed by atoms with Gasteiger partial charge in [0.05, 0.1) is 13.7 Å². The van der Waals surface area contributed by atoms with Crippen LogP contribution >= 0.6 is 0 Å². The molecule has 0 fully saturated rings. The van der Waals surface area contributed by atoms with Gasteiger partial charge in [-0.05, 0) is 73.7 Å². The van der Waals surface area contributed by atoms with E-state index in [2.05, 4.69) is 180 Å². The smallest absolute Gasteiger partial charge is 0.121 e. The van der Waals surface area contributed by atoms with Crippen LogP contribution in [0.2, 0.25) is 19.6 Å². The Balaban J connectivity index is 0.000000202. The van der Waals surface area contributed by atoms with Crippen molar-refractivity contribution in [1.29, 1.82) is 0 Å². The van der Waals surface area contributed by atoms with Gasteiger partial charge in [-0.15, -0.1) is 59.7 Å². The van der Waals surface area contributed by atoms with Gasteiger partial charge in [-0.2, -0.15) is 0 Å². The molecule has 3 aromatic heterocycles. The third kappa shape index (κ3) is 8.16. The van der Waals surface area contributed by atoms with E-state index in [9.17, 15) is 0 Å². The Bertz CT molecular complexity index is 2820. The Hall–Kier alpha value is -5.19. The van der Waals surface area contributed by atoms with E-state index in [1.54, 1.807) is 0 Å². The molecule has 57 heavy (non-hydrogen) atoms. The molecule has 1 radical (unpaired) electrons. The number of hydrogen-bond donors (Lipinski definition) is 0. The molecule has 0 spiro atoms. The van der Waals surface area contributed by atoms with Gasteiger partial charge in [-0.3, -0.25) is 0 Å². The molecule has 0 unspecified atom stereocenters. The van der Waals surface area contributed by atoms with Gasteiger partial charge in [0.25, 0.3) is 0 Å². The molecule has 0 aliphatic rings. The topological polar surface area (TPSA) is 38.9 Å². The normalized spacial score (nSPS) is 11.9. The van der Waals surface area contributed by atoms with Crippen molar-refractivity contribution in [3.8, 4) is 22.5 Å². The Morgan fingerprint density at radius 1 is 0.649 bits per heavy atom. The first kappa shape index (κ1) is 40.0. The van der Waals surface area contributed by atoms with Crippen LogP contribution < -0.4 is 5.19 Å². The van der Waals surface area contributed by atoms with E-state index in [0.29, 0.717) is 5.92 Å². The minimum absolute atomic E-state index is 0. The summed E-state index contributed by atoms with van der Waals surface area (Å²) in [5.41, 5.74) is 9.58. The van der Waals surface area contributed by atoms with Crippen LogP contribution in [0.1, 0.15) is 44.4 Å². The molecule has 9 aromatic rings. The Morgan fingerprint density at radius 3 is 2.12 bits per heavy atom. The number of pyridine rings is 2. The third-order valence-corrected chi connectivity index (χ3v) is 13.0. The van der Waals surface area contributed by atoms with Crippen LogP contribution in [0.4, 0.5) is 0 Å². The second kappa shape index (κ2) is 16.3. The van der Waals surface area contributed by atoms with Crippen LogP contribution in [0.25, 0.3) is 66.0 Å². The van der Waals surface area contributed by atoms with Crippen molar-refractivity contribution in [2.75, 3.05) is 0 Å². The summed E-state index contributed by atoms with van der Waals surface area (Å²) in [4.78, 5) is 9.43. The van der Waals surface area contributed by atoms with Gasteiger partial charge in [0, 0.05) is 43.3 Å². The Labute approximate surface area is 351 Å². The molecule has 0 aliphatic carbocycles. The molecule has 9 rings (SSSR count). The van der Waals surface area contributed by atoms with Crippen LogP contribution in [0.15, 0.2) is 150 Å². The van der Waals surface area contributed by atoms with Crippen LogP contribution in [-0.4, -0.2) is 18.0 Å². The van der Waals surface area contributed by atoms with Gasteiger partial charge in [0.15, 0.2) is 0 Å². The first-order chi connectivity index (χ1) is 27.0. The van der Waals surface area contributed by atoms with Gasteiger partial charge in [-0.1, -0.05) is 143 Å². The minimum atomic E-state index is -1.34. The van der Waals surface area contributed by atoms with E-state index in [4.69, 9.17) is 9.40 Å². The van der Waals surface area contributed by atoms with Crippen molar-refractivity contribution in [1.82, 2.24) is 9.97 Å². The summed E-state index contributed by atoms with van der Waals surface area (Å²) >= 11 is 0. The zero-order valence-electron chi connectivity index (χ0n) is 33.8. The van der Waals surface area contributed by atoms with E-state index in [1.807, 2.05) is 30.5 Å². The Kier molecular flexibility index (Phi) is 11.5. The van der Waals surface area contributed by atoms with E-state index in [-0.39, 0.29) is 25.5 Å². The molecular formula is C52H48IrN2OSi-2. The van der Waals surface area contributed by atoms with Crippen molar-refractivity contribution in [3.63, 3.8) is 0 Å². The maximum Gasteiger partial charge on any atom is 0.121 e. The molecule has 0 aliphatic heterocycles. The molecule has 0 saturated carbocycles. The van der Waals surface area contributed by atoms with Crippen LogP contribution in [0.3, 0.4) is 0 Å². The van der Waals surface area contributed by atoms with Crippen molar-refractivity contribution < 1.29 is 24.5 Å². The standard InChI is InChI=1S/C34H24NO.C18H24NSi.Ir/c1-34(2,25-9-4-3-5-10-25)26-18-19-35-29(21-26)24-15-16-30-28(20-24)33-31(36-30)17-14-23-13-12-22-8-6-7-11-27(22)32(23)33;1-14(2)11-16-12-17(15-9-7-6-8-10-15)19-13-18(16)20(3,4)5;/h3-14,16-21H,1-2H3;6-9,12-14H,11H2,1-5H3;/q2*-1;. The molecule has 0 bridgehead atoms. The average Bonchev–Trinajstić information content (AvgIpc) is 3.59.